The molecule has 0 bridgehead atoms. The number of nitrogens with zero attached hydrogens (tertiary/aromatic N) is 2. The Hall–Kier alpha value is -4.54. The summed E-state index contributed by atoms with van der Waals surface area (Å²) in [5.41, 5.74) is 6.04. The van der Waals surface area contributed by atoms with Crippen LogP contribution in [-0.4, -0.2) is 171 Å². The Bertz CT molecular complexity index is 1650. The molecule has 0 aromatic heterocycles. The molecule has 21 nitrogen and oxygen atoms in total. The number of aliphatic hydroxyl groups excluding tert-OH is 2. The first kappa shape index (κ1) is 55.6. The van der Waals surface area contributed by atoms with Gasteiger partial charge in [0.15, 0.2) is 0 Å². The molecule has 0 unspecified atom stereocenters. The van der Waals surface area contributed by atoms with Gasteiger partial charge in [-0.25, -0.2) is 4.79 Å². The van der Waals surface area contributed by atoms with Crippen molar-refractivity contribution in [2.45, 2.75) is 161 Å². The van der Waals surface area contributed by atoms with Crippen LogP contribution in [0.3, 0.4) is 0 Å². The fourth-order valence-electron chi connectivity index (χ4n) is 7.54. The summed E-state index contributed by atoms with van der Waals surface area (Å²) in [5.74, 6) is -6.76. The summed E-state index contributed by atoms with van der Waals surface area (Å²) in [7, 11) is 0. The molecule has 10 atom stereocenters. The van der Waals surface area contributed by atoms with Crippen LogP contribution < -0.4 is 37.6 Å². The van der Waals surface area contributed by atoms with E-state index in [0.29, 0.717) is 31.4 Å². The Balaban J connectivity index is 2.14. The van der Waals surface area contributed by atoms with Crippen LogP contribution in [-0.2, 0) is 43.2 Å². The average Bonchev–Trinajstić information content (AvgIpc) is 3.92. The molecular formula is C42H73N9O12S. The summed E-state index contributed by atoms with van der Waals surface area (Å²) in [5, 5.41) is 45.3. The van der Waals surface area contributed by atoms with Crippen molar-refractivity contribution in [1.82, 2.24) is 41.7 Å². The monoisotopic (exact) mass is 928 g/mol. The van der Waals surface area contributed by atoms with Crippen LogP contribution in [0, 0.1) is 17.8 Å². The normalized spacial score (nSPS) is 20.0. The molecule has 2 rings (SSSR count). The molecule has 0 aliphatic carbocycles. The molecule has 0 spiro atoms. The first-order valence-electron chi connectivity index (χ1n) is 22.1. The maximum absolute atomic E-state index is 13.8. The van der Waals surface area contributed by atoms with Crippen molar-refractivity contribution >= 4 is 65.0 Å². The molecule has 364 valence electrons. The number of carboxylic acids is 1. The van der Waals surface area contributed by atoms with Crippen molar-refractivity contribution in [2.75, 3.05) is 31.7 Å². The van der Waals surface area contributed by atoms with Crippen molar-refractivity contribution in [3.8, 4) is 0 Å². The largest absolute Gasteiger partial charge is 0.480 e. The number of nitrogens with two attached hydrogens (primary N) is 1. The van der Waals surface area contributed by atoms with E-state index >= 15 is 0 Å². The fraction of sp³-hybridized carbons (Fsp3) is 0.786. The van der Waals surface area contributed by atoms with E-state index in [-0.39, 0.29) is 50.1 Å². The molecule has 64 heavy (non-hydrogen) atoms. The number of aliphatic carboxylic acids is 1. The van der Waals surface area contributed by atoms with E-state index in [1.54, 1.807) is 27.7 Å². The molecular weight excluding hydrogens is 855 g/mol. The number of nitrogens with one attached hydrogen (secondary N) is 6. The molecule has 2 fully saturated rings. The minimum atomic E-state index is -1.56. The van der Waals surface area contributed by atoms with Crippen LogP contribution in [0.5, 0.6) is 0 Å². The molecule has 0 aromatic rings. The summed E-state index contributed by atoms with van der Waals surface area (Å²) < 4.78 is 0. The molecule has 0 aromatic carbocycles. The number of likely N-dealkylation sites (tertiary alicyclic amines) is 2. The third kappa shape index (κ3) is 16.5. The van der Waals surface area contributed by atoms with Crippen molar-refractivity contribution in [1.29, 1.82) is 0 Å². The Morgan fingerprint density at radius 2 is 1.12 bits per heavy atom. The number of hydrogen-bond donors (Lipinski definition) is 10. The first-order valence-corrected chi connectivity index (χ1v) is 23.5. The van der Waals surface area contributed by atoms with Crippen LogP contribution >= 0.6 is 11.8 Å². The number of thioether (sulfide) groups is 1. The summed E-state index contributed by atoms with van der Waals surface area (Å²) in [6.45, 7) is 12.8. The summed E-state index contributed by atoms with van der Waals surface area (Å²) in [4.78, 5) is 122. The standard InChI is InChI=1S/C42H73N9O12S/c1-21(2)18-27(46-36(56)30-12-11-16-51(30)41(61)26(14-17-64-9)45-38(58)32(43)23(5)6)34(54)48-29(20-52)35(55)44-24(7)40(60)50-15-10-13-31(50)37(57)49-33(25(8)53)39(59)47-28(42(62)63)19-22(3)4/h21-33,52-53H,10-20,43H2,1-9H3,(H,44,55)(H,45,58)(H,46,56)(H,47,59)(H,48,54)(H,49,57)(H,62,63)/t24-,25+,26-,27-,28-,29-,30-,31-,32-,33-/m0/s1. The van der Waals surface area contributed by atoms with Gasteiger partial charge in [0.05, 0.1) is 18.8 Å². The van der Waals surface area contributed by atoms with Gasteiger partial charge in [0, 0.05) is 13.1 Å². The van der Waals surface area contributed by atoms with Crippen molar-refractivity contribution < 1.29 is 58.5 Å². The lowest BCUT2D eigenvalue weighted by molar-refractivity contribution is -0.144. The number of carbonyl (C=O) groups excluding carboxylic acids is 8. The van der Waals surface area contributed by atoms with Crippen LogP contribution in [0.4, 0.5) is 0 Å². The Morgan fingerprint density at radius 3 is 1.61 bits per heavy atom. The molecule has 2 aliphatic rings. The minimum absolute atomic E-state index is 0.0831. The molecule has 2 saturated heterocycles. The third-order valence-electron chi connectivity index (χ3n) is 11.2. The number of aliphatic hydroxyl groups is 2. The Kier molecular flexibility index (Phi) is 23.0. The quantitative estimate of drug-likeness (QED) is 0.0483. The summed E-state index contributed by atoms with van der Waals surface area (Å²) >= 11 is 1.49. The SMILES string of the molecule is CSCC[C@H](NC(=O)[C@@H](N)C(C)C)C(=O)N1CCC[C@H]1C(=O)N[C@@H](CC(C)C)C(=O)N[C@@H](CO)C(=O)N[C@@H](C)C(=O)N1CCC[C@H]1C(=O)N[C@H](C(=O)N[C@@H](CC(C)C)C(=O)O)[C@@H](C)O. The molecule has 2 heterocycles. The van der Waals surface area contributed by atoms with Crippen LogP contribution in [0.1, 0.15) is 100 Å². The summed E-state index contributed by atoms with van der Waals surface area (Å²) in [6.07, 6.45) is 2.35. The van der Waals surface area contributed by atoms with E-state index in [2.05, 4.69) is 31.9 Å². The number of rotatable bonds is 25. The lowest BCUT2D eigenvalue weighted by Gasteiger charge is -2.31. The van der Waals surface area contributed by atoms with Crippen LogP contribution in [0.2, 0.25) is 0 Å². The zero-order valence-electron chi connectivity index (χ0n) is 38.7. The van der Waals surface area contributed by atoms with E-state index in [1.165, 1.54) is 35.4 Å². The zero-order valence-corrected chi connectivity index (χ0v) is 39.5. The molecule has 11 N–H and O–H groups in total. The van der Waals surface area contributed by atoms with Crippen molar-refractivity contribution in [3.05, 3.63) is 0 Å². The highest BCUT2D eigenvalue weighted by atomic mass is 32.2. The predicted molar refractivity (Wildman–Crippen MR) is 238 cm³/mol. The minimum Gasteiger partial charge on any atom is -0.480 e. The molecule has 8 amide bonds. The van der Waals surface area contributed by atoms with Gasteiger partial charge in [0.1, 0.15) is 48.3 Å². The van der Waals surface area contributed by atoms with E-state index < -0.39 is 120 Å². The van der Waals surface area contributed by atoms with Gasteiger partial charge in [-0.05, 0) is 88.6 Å². The fourth-order valence-corrected chi connectivity index (χ4v) is 8.01. The van der Waals surface area contributed by atoms with Gasteiger partial charge in [-0.2, -0.15) is 11.8 Å². The Morgan fingerprint density at radius 1 is 0.641 bits per heavy atom. The molecule has 0 radical (unpaired) electrons. The highest BCUT2D eigenvalue weighted by Gasteiger charge is 2.42. The smallest absolute Gasteiger partial charge is 0.326 e. The number of hydrogen-bond acceptors (Lipinski definition) is 13. The van der Waals surface area contributed by atoms with E-state index in [0.717, 1.165) is 0 Å². The molecule has 0 saturated carbocycles. The van der Waals surface area contributed by atoms with Gasteiger partial charge < -0.3 is 62.8 Å². The van der Waals surface area contributed by atoms with Gasteiger partial charge >= 0.3 is 5.97 Å². The van der Waals surface area contributed by atoms with E-state index in [1.807, 2.05) is 20.1 Å². The summed E-state index contributed by atoms with van der Waals surface area (Å²) in [6, 6.07) is -10.6. The lowest BCUT2D eigenvalue weighted by atomic mass is 10.0. The molecule has 2 aliphatic heterocycles. The van der Waals surface area contributed by atoms with Crippen LogP contribution in [0.25, 0.3) is 0 Å². The van der Waals surface area contributed by atoms with Crippen LogP contribution in [0.15, 0.2) is 0 Å². The Labute approximate surface area is 380 Å². The highest BCUT2D eigenvalue weighted by Crippen LogP contribution is 2.22. The van der Waals surface area contributed by atoms with Gasteiger partial charge in [-0.1, -0.05) is 41.5 Å². The van der Waals surface area contributed by atoms with E-state index in [9.17, 15) is 58.5 Å². The second-order valence-electron chi connectivity index (χ2n) is 17.9. The van der Waals surface area contributed by atoms with Gasteiger partial charge in [-0.3, -0.25) is 38.4 Å². The van der Waals surface area contributed by atoms with Crippen molar-refractivity contribution in [3.63, 3.8) is 0 Å². The highest BCUT2D eigenvalue weighted by molar-refractivity contribution is 7.98. The second-order valence-corrected chi connectivity index (χ2v) is 18.9. The number of amides is 8. The van der Waals surface area contributed by atoms with E-state index in [4.69, 9.17) is 5.73 Å². The van der Waals surface area contributed by atoms with Crippen molar-refractivity contribution in [2.24, 2.45) is 23.5 Å². The number of carboxylic acid groups (broad SMARTS) is 1. The maximum Gasteiger partial charge on any atom is 0.326 e. The van der Waals surface area contributed by atoms with Gasteiger partial charge in [0.25, 0.3) is 0 Å². The maximum atomic E-state index is 13.8. The van der Waals surface area contributed by atoms with Gasteiger partial charge in [0.2, 0.25) is 47.3 Å². The average molecular weight is 928 g/mol. The zero-order chi connectivity index (χ0) is 48.6. The topological polar surface area (TPSA) is 319 Å². The second kappa shape index (κ2) is 26.4. The predicted octanol–water partition coefficient (Wildman–Crippen LogP) is -1.82. The number of carbonyl (C=O) groups is 9. The van der Waals surface area contributed by atoms with Gasteiger partial charge in [-0.15, -0.1) is 0 Å². The molecule has 22 heteroatoms. The third-order valence-corrected chi connectivity index (χ3v) is 11.8. The first-order chi connectivity index (χ1) is 29.9. The lowest BCUT2D eigenvalue weighted by Crippen LogP contribution is -2.61.